The van der Waals surface area contributed by atoms with E-state index >= 15 is 0 Å². The Labute approximate surface area is 121 Å². The van der Waals surface area contributed by atoms with Gasteiger partial charge in [-0.3, -0.25) is 10.1 Å². The Bertz CT molecular complexity index is 515. The number of hydrogen-bond donors (Lipinski definition) is 2. The molecule has 0 saturated carbocycles. The lowest BCUT2D eigenvalue weighted by Gasteiger charge is -2.30. The second-order valence-electron chi connectivity index (χ2n) is 4.93. The molecule has 0 aliphatic carbocycles. The van der Waals surface area contributed by atoms with Crippen LogP contribution >= 0.6 is 11.3 Å². The molecule has 2 N–H and O–H groups in total. The fraction of sp³-hybridized carbons (Fsp3) is 0.615. The molecule has 1 fully saturated rings. The van der Waals surface area contributed by atoms with Crippen molar-refractivity contribution in [1.82, 2.24) is 9.88 Å². The molecule has 1 atom stereocenters. The number of amides is 2. The Morgan fingerprint density at radius 1 is 1.55 bits per heavy atom. The highest BCUT2D eigenvalue weighted by Crippen LogP contribution is 2.23. The van der Waals surface area contributed by atoms with Crippen molar-refractivity contribution in [3.8, 4) is 0 Å². The monoisotopic (exact) mass is 297 g/mol. The molecule has 0 spiro atoms. The number of anilines is 1. The van der Waals surface area contributed by atoms with Gasteiger partial charge >= 0.3 is 12.0 Å². The molecule has 20 heavy (non-hydrogen) atoms. The molecule has 2 amide bonds. The van der Waals surface area contributed by atoms with Crippen LogP contribution in [-0.4, -0.2) is 40.1 Å². The van der Waals surface area contributed by atoms with Crippen LogP contribution in [0.4, 0.5) is 9.93 Å². The highest BCUT2D eigenvalue weighted by Gasteiger charge is 2.28. The van der Waals surface area contributed by atoms with Crippen LogP contribution in [0.3, 0.4) is 0 Å². The number of aliphatic carboxylic acids is 1. The maximum Gasteiger partial charge on any atom is 0.323 e. The first kappa shape index (κ1) is 14.8. The van der Waals surface area contributed by atoms with Crippen molar-refractivity contribution in [1.29, 1.82) is 0 Å². The minimum absolute atomic E-state index is 0.257. The molecular formula is C13H19N3O3S. The SMILES string of the molecule is CCc1nc(NC(=O)N2CCC[C@H](C(=O)O)C2)sc1C. The number of aromatic nitrogens is 1. The summed E-state index contributed by atoms with van der Waals surface area (Å²) in [4.78, 5) is 30.2. The van der Waals surface area contributed by atoms with E-state index in [1.807, 2.05) is 13.8 Å². The Balaban J connectivity index is 1.98. The molecule has 1 aromatic heterocycles. The summed E-state index contributed by atoms with van der Waals surface area (Å²) in [6, 6.07) is -0.257. The van der Waals surface area contributed by atoms with Crippen molar-refractivity contribution in [3.05, 3.63) is 10.6 Å². The van der Waals surface area contributed by atoms with Gasteiger partial charge in [0.1, 0.15) is 0 Å². The van der Waals surface area contributed by atoms with Gasteiger partial charge in [-0.2, -0.15) is 0 Å². The van der Waals surface area contributed by atoms with Gasteiger partial charge in [0, 0.05) is 18.0 Å². The summed E-state index contributed by atoms with van der Waals surface area (Å²) >= 11 is 1.45. The quantitative estimate of drug-likeness (QED) is 0.897. The topological polar surface area (TPSA) is 82.5 Å². The maximum absolute atomic E-state index is 12.1. The molecule has 1 aromatic rings. The van der Waals surface area contributed by atoms with E-state index in [1.54, 1.807) is 4.90 Å². The summed E-state index contributed by atoms with van der Waals surface area (Å²) in [5.41, 5.74) is 0.993. The highest BCUT2D eigenvalue weighted by atomic mass is 32.1. The predicted molar refractivity (Wildman–Crippen MR) is 77.2 cm³/mol. The first-order chi connectivity index (χ1) is 9.51. The second kappa shape index (κ2) is 6.21. The summed E-state index contributed by atoms with van der Waals surface area (Å²) in [5.74, 6) is -1.29. The summed E-state index contributed by atoms with van der Waals surface area (Å²) in [7, 11) is 0. The molecule has 0 unspecified atom stereocenters. The van der Waals surface area contributed by atoms with Gasteiger partial charge in [-0.1, -0.05) is 6.92 Å². The van der Waals surface area contributed by atoms with Crippen LogP contribution in [0.25, 0.3) is 0 Å². The minimum atomic E-state index is -0.833. The number of thiazole rings is 1. The molecule has 7 heteroatoms. The number of urea groups is 1. The van der Waals surface area contributed by atoms with Crippen LogP contribution in [0.15, 0.2) is 0 Å². The summed E-state index contributed by atoms with van der Waals surface area (Å²) < 4.78 is 0. The Morgan fingerprint density at radius 3 is 2.90 bits per heavy atom. The van der Waals surface area contributed by atoms with Gasteiger partial charge in [0.25, 0.3) is 0 Å². The van der Waals surface area contributed by atoms with Gasteiger partial charge in [-0.05, 0) is 26.2 Å². The van der Waals surface area contributed by atoms with E-state index in [2.05, 4.69) is 10.3 Å². The largest absolute Gasteiger partial charge is 0.481 e. The summed E-state index contributed by atoms with van der Waals surface area (Å²) in [6.45, 7) is 4.87. The number of nitrogens with one attached hydrogen (secondary N) is 1. The van der Waals surface area contributed by atoms with Crippen molar-refractivity contribution >= 4 is 28.5 Å². The molecule has 1 aliphatic rings. The molecule has 1 saturated heterocycles. The van der Waals surface area contributed by atoms with Crippen molar-refractivity contribution in [2.45, 2.75) is 33.1 Å². The van der Waals surface area contributed by atoms with Crippen molar-refractivity contribution in [3.63, 3.8) is 0 Å². The van der Waals surface area contributed by atoms with E-state index < -0.39 is 11.9 Å². The summed E-state index contributed by atoms with van der Waals surface area (Å²) in [5, 5.41) is 12.4. The van der Waals surface area contributed by atoms with E-state index in [4.69, 9.17) is 5.11 Å². The molecule has 2 heterocycles. The van der Waals surface area contributed by atoms with Gasteiger partial charge in [0.15, 0.2) is 5.13 Å². The van der Waals surface area contributed by atoms with Crippen LogP contribution in [-0.2, 0) is 11.2 Å². The molecule has 0 aromatic carbocycles. The molecule has 0 radical (unpaired) electrons. The number of carboxylic acids is 1. The first-order valence-corrected chi connectivity index (χ1v) is 7.58. The lowest BCUT2D eigenvalue weighted by atomic mass is 9.99. The fourth-order valence-electron chi connectivity index (χ4n) is 2.34. The normalized spacial score (nSPS) is 18.9. The predicted octanol–water partition coefficient (Wildman–Crippen LogP) is 2.34. The first-order valence-electron chi connectivity index (χ1n) is 6.76. The Hall–Kier alpha value is -1.63. The minimum Gasteiger partial charge on any atom is -0.481 e. The van der Waals surface area contributed by atoms with Gasteiger partial charge < -0.3 is 10.0 Å². The van der Waals surface area contributed by atoms with Gasteiger partial charge in [0.2, 0.25) is 0 Å². The fourth-order valence-corrected chi connectivity index (χ4v) is 3.24. The molecule has 0 bridgehead atoms. The smallest absolute Gasteiger partial charge is 0.323 e. The molecule has 1 aliphatic heterocycles. The van der Waals surface area contributed by atoms with Crippen molar-refractivity contribution < 1.29 is 14.7 Å². The van der Waals surface area contributed by atoms with Crippen LogP contribution < -0.4 is 5.32 Å². The van der Waals surface area contributed by atoms with Crippen molar-refractivity contribution in [2.75, 3.05) is 18.4 Å². The van der Waals surface area contributed by atoms with Gasteiger partial charge in [-0.25, -0.2) is 9.78 Å². The third-order valence-corrected chi connectivity index (χ3v) is 4.43. The lowest BCUT2D eigenvalue weighted by Crippen LogP contribution is -2.44. The maximum atomic E-state index is 12.1. The number of piperidine rings is 1. The highest BCUT2D eigenvalue weighted by molar-refractivity contribution is 7.15. The van der Waals surface area contributed by atoms with Crippen LogP contribution in [0.5, 0.6) is 0 Å². The Morgan fingerprint density at radius 2 is 2.30 bits per heavy atom. The number of aryl methyl sites for hydroxylation is 2. The molecule has 110 valence electrons. The van der Waals surface area contributed by atoms with Crippen molar-refractivity contribution in [2.24, 2.45) is 5.92 Å². The van der Waals surface area contributed by atoms with Crippen LogP contribution in [0, 0.1) is 12.8 Å². The lowest BCUT2D eigenvalue weighted by molar-refractivity contribution is -0.143. The zero-order valence-electron chi connectivity index (χ0n) is 11.7. The van der Waals surface area contributed by atoms with E-state index in [1.165, 1.54) is 11.3 Å². The second-order valence-corrected chi connectivity index (χ2v) is 6.13. The molecule has 6 nitrogen and oxygen atoms in total. The Kier molecular flexibility index (Phi) is 4.59. The number of hydrogen-bond acceptors (Lipinski definition) is 4. The molecular weight excluding hydrogens is 278 g/mol. The number of nitrogens with zero attached hydrogens (tertiary/aromatic N) is 2. The third-order valence-electron chi connectivity index (χ3n) is 3.50. The van der Waals surface area contributed by atoms with Gasteiger partial charge in [-0.15, -0.1) is 11.3 Å². The number of rotatable bonds is 3. The van der Waals surface area contributed by atoms with E-state index in [-0.39, 0.29) is 12.6 Å². The average molecular weight is 297 g/mol. The number of likely N-dealkylation sites (tertiary alicyclic amines) is 1. The summed E-state index contributed by atoms with van der Waals surface area (Å²) in [6.07, 6.45) is 2.19. The standard InChI is InChI=1S/C13H19N3O3S/c1-3-10-8(2)20-12(14-10)15-13(19)16-6-4-5-9(7-16)11(17)18/h9H,3-7H2,1-2H3,(H,17,18)(H,14,15,19)/t9-/m0/s1. The van der Waals surface area contributed by atoms with E-state index in [9.17, 15) is 9.59 Å². The van der Waals surface area contributed by atoms with Crippen LogP contribution in [0.2, 0.25) is 0 Å². The molecule has 2 rings (SSSR count). The van der Waals surface area contributed by atoms with E-state index in [0.29, 0.717) is 18.1 Å². The number of carboxylic acid groups (broad SMARTS) is 1. The van der Waals surface area contributed by atoms with E-state index in [0.717, 1.165) is 23.4 Å². The zero-order valence-corrected chi connectivity index (χ0v) is 12.5. The van der Waals surface area contributed by atoms with Crippen LogP contribution in [0.1, 0.15) is 30.3 Å². The van der Waals surface area contributed by atoms with Gasteiger partial charge in [0.05, 0.1) is 11.6 Å². The number of carbonyl (C=O) groups is 2. The average Bonchev–Trinajstić information content (AvgIpc) is 2.78. The third kappa shape index (κ3) is 3.27. The number of carbonyl (C=O) groups excluding carboxylic acids is 1. The zero-order chi connectivity index (χ0) is 14.7.